The Morgan fingerprint density at radius 1 is 1.08 bits per heavy atom. The summed E-state index contributed by atoms with van der Waals surface area (Å²) in [5.41, 5.74) is 2.55. The molecule has 2 aromatic rings. The number of carbonyl (C=O) groups excluding carboxylic acids is 2. The van der Waals surface area contributed by atoms with Crippen LogP contribution in [0.15, 0.2) is 53.0 Å². The predicted molar refractivity (Wildman–Crippen MR) is 99.0 cm³/mol. The third-order valence-electron chi connectivity index (χ3n) is 3.90. The normalized spacial score (nSPS) is 11.8. The molecule has 3 N–H and O–H groups in total. The number of hydrogen-bond acceptors (Lipinski definition) is 2. The Balaban J connectivity index is 1.89. The van der Waals surface area contributed by atoms with Gasteiger partial charge in [0.15, 0.2) is 12.3 Å². The first-order chi connectivity index (χ1) is 11.5. The first-order valence-corrected chi connectivity index (χ1v) is 8.78. The number of nitrogens with two attached hydrogens (primary N) is 1. The van der Waals surface area contributed by atoms with Gasteiger partial charge in [0.25, 0.3) is 5.91 Å². The number of carbonyl (C=O) groups is 2. The highest BCUT2D eigenvalue weighted by molar-refractivity contribution is 9.10. The molecule has 4 nitrogen and oxygen atoms in total. The van der Waals surface area contributed by atoms with E-state index in [1.165, 1.54) is 12.5 Å². The lowest BCUT2D eigenvalue weighted by Crippen LogP contribution is -2.87. The SMILES string of the molecule is CC[C@@H]([NH2+]CC(=O)Nc1ccc(C(C)=O)cc1)c1ccc(Br)cc1. The molecule has 1 atom stereocenters. The van der Waals surface area contributed by atoms with Crippen LogP contribution in [0.2, 0.25) is 0 Å². The van der Waals surface area contributed by atoms with Crippen molar-refractivity contribution in [2.45, 2.75) is 26.3 Å². The highest BCUT2D eigenvalue weighted by atomic mass is 79.9. The summed E-state index contributed by atoms with van der Waals surface area (Å²) in [5.74, 6) is -0.0392. The molecule has 126 valence electrons. The fraction of sp³-hybridized carbons (Fsp3) is 0.263. The van der Waals surface area contributed by atoms with E-state index in [1.807, 2.05) is 17.4 Å². The maximum atomic E-state index is 12.1. The molecule has 1 amide bonds. The molecule has 0 bridgehead atoms. The van der Waals surface area contributed by atoms with Crippen LogP contribution in [-0.2, 0) is 4.79 Å². The van der Waals surface area contributed by atoms with Crippen LogP contribution in [0.4, 0.5) is 5.69 Å². The smallest absolute Gasteiger partial charge is 0.279 e. The summed E-state index contributed by atoms with van der Waals surface area (Å²) in [4.78, 5) is 23.4. The van der Waals surface area contributed by atoms with Gasteiger partial charge in [-0.3, -0.25) is 9.59 Å². The number of amides is 1. The zero-order chi connectivity index (χ0) is 17.5. The summed E-state index contributed by atoms with van der Waals surface area (Å²) in [5, 5.41) is 4.90. The maximum Gasteiger partial charge on any atom is 0.279 e. The molecule has 2 rings (SSSR count). The van der Waals surface area contributed by atoms with Gasteiger partial charge >= 0.3 is 0 Å². The topological polar surface area (TPSA) is 62.8 Å². The van der Waals surface area contributed by atoms with Gasteiger partial charge < -0.3 is 10.6 Å². The van der Waals surface area contributed by atoms with Crippen molar-refractivity contribution in [2.75, 3.05) is 11.9 Å². The number of hydrogen-bond donors (Lipinski definition) is 2. The van der Waals surface area contributed by atoms with Crippen molar-refractivity contribution in [3.05, 3.63) is 64.1 Å². The number of Topliss-reactive ketones (excluding diaryl/α,β-unsaturated/α-hetero) is 1. The molecule has 0 unspecified atom stereocenters. The van der Waals surface area contributed by atoms with Crippen molar-refractivity contribution < 1.29 is 14.9 Å². The second-order valence-electron chi connectivity index (χ2n) is 5.69. The van der Waals surface area contributed by atoms with Crippen molar-refractivity contribution in [3.8, 4) is 0 Å². The molecule has 0 aromatic heterocycles. The first-order valence-electron chi connectivity index (χ1n) is 7.99. The number of nitrogens with one attached hydrogen (secondary N) is 1. The molecular formula is C19H22BrN2O2+. The molecule has 24 heavy (non-hydrogen) atoms. The minimum Gasteiger partial charge on any atom is -0.332 e. The summed E-state index contributed by atoms with van der Waals surface area (Å²) >= 11 is 3.43. The van der Waals surface area contributed by atoms with Crippen LogP contribution in [0.1, 0.15) is 42.2 Å². The number of benzene rings is 2. The maximum absolute atomic E-state index is 12.1. The van der Waals surface area contributed by atoms with E-state index in [1.54, 1.807) is 24.3 Å². The third-order valence-corrected chi connectivity index (χ3v) is 4.43. The molecule has 5 heteroatoms. The van der Waals surface area contributed by atoms with E-state index in [2.05, 4.69) is 40.3 Å². The molecule has 0 aliphatic rings. The Labute approximate surface area is 150 Å². The standard InChI is InChI=1S/C19H21BrN2O2/c1-3-18(15-4-8-16(20)9-5-15)21-12-19(24)22-17-10-6-14(7-11-17)13(2)23/h4-11,18,21H,3,12H2,1-2H3,(H,22,24)/p+1/t18-/m1/s1. The van der Waals surface area contributed by atoms with Crippen molar-refractivity contribution in [2.24, 2.45) is 0 Å². The van der Waals surface area contributed by atoms with Gasteiger partial charge in [-0.15, -0.1) is 0 Å². The number of halogens is 1. The van der Waals surface area contributed by atoms with Crippen molar-refractivity contribution in [3.63, 3.8) is 0 Å². The number of quaternary nitrogens is 1. The van der Waals surface area contributed by atoms with Crippen molar-refractivity contribution >= 4 is 33.3 Å². The van der Waals surface area contributed by atoms with Crippen LogP contribution in [0.5, 0.6) is 0 Å². The van der Waals surface area contributed by atoms with Crippen molar-refractivity contribution in [1.29, 1.82) is 0 Å². The largest absolute Gasteiger partial charge is 0.332 e. The third kappa shape index (κ3) is 5.28. The minimum atomic E-state index is -0.0545. The molecule has 0 aliphatic heterocycles. The van der Waals surface area contributed by atoms with Crippen LogP contribution in [0, 0.1) is 0 Å². The number of anilines is 1. The van der Waals surface area contributed by atoms with Crippen LogP contribution in [0.25, 0.3) is 0 Å². The lowest BCUT2D eigenvalue weighted by molar-refractivity contribution is -0.686. The molecule has 0 spiro atoms. The Morgan fingerprint density at radius 2 is 1.71 bits per heavy atom. The minimum absolute atomic E-state index is 0.0153. The zero-order valence-electron chi connectivity index (χ0n) is 13.9. The average molecular weight is 390 g/mol. The van der Waals surface area contributed by atoms with E-state index in [0.717, 1.165) is 10.9 Å². The molecule has 0 aliphatic carbocycles. The van der Waals surface area contributed by atoms with E-state index in [-0.39, 0.29) is 17.7 Å². The van der Waals surface area contributed by atoms with E-state index in [4.69, 9.17) is 0 Å². The highest BCUT2D eigenvalue weighted by Crippen LogP contribution is 2.16. The zero-order valence-corrected chi connectivity index (χ0v) is 15.5. The summed E-state index contributed by atoms with van der Waals surface area (Å²) in [6.07, 6.45) is 0.947. The van der Waals surface area contributed by atoms with E-state index in [9.17, 15) is 9.59 Å². The lowest BCUT2D eigenvalue weighted by atomic mass is 10.0. The van der Waals surface area contributed by atoms with Gasteiger partial charge in [0.1, 0.15) is 6.04 Å². The molecule has 0 radical (unpaired) electrons. The van der Waals surface area contributed by atoms with E-state index >= 15 is 0 Å². The van der Waals surface area contributed by atoms with Crippen LogP contribution >= 0.6 is 15.9 Å². The highest BCUT2D eigenvalue weighted by Gasteiger charge is 2.14. The molecule has 0 fully saturated rings. The van der Waals surface area contributed by atoms with Gasteiger partial charge in [0.05, 0.1) is 0 Å². The Hall–Kier alpha value is -1.98. The molecule has 0 heterocycles. The number of rotatable bonds is 7. The summed E-state index contributed by atoms with van der Waals surface area (Å²) in [6, 6.07) is 15.4. The fourth-order valence-corrected chi connectivity index (χ4v) is 2.76. The van der Waals surface area contributed by atoms with Gasteiger partial charge in [0.2, 0.25) is 0 Å². The summed E-state index contributed by atoms with van der Waals surface area (Å²) in [7, 11) is 0. The average Bonchev–Trinajstić information content (AvgIpc) is 2.57. The van der Waals surface area contributed by atoms with E-state index in [0.29, 0.717) is 17.8 Å². The van der Waals surface area contributed by atoms with Gasteiger partial charge in [-0.25, -0.2) is 0 Å². The van der Waals surface area contributed by atoms with Crippen LogP contribution in [-0.4, -0.2) is 18.2 Å². The summed E-state index contributed by atoms with van der Waals surface area (Å²) < 4.78 is 1.05. The van der Waals surface area contributed by atoms with Gasteiger partial charge in [-0.1, -0.05) is 35.0 Å². The predicted octanol–water partition coefficient (Wildman–Crippen LogP) is 3.30. The van der Waals surface area contributed by atoms with Crippen LogP contribution < -0.4 is 10.6 Å². The van der Waals surface area contributed by atoms with E-state index < -0.39 is 0 Å². The quantitative estimate of drug-likeness (QED) is 0.713. The second-order valence-corrected chi connectivity index (χ2v) is 6.60. The first kappa shape index (κ1) is 18.4. The van der Waals surface area contributed by atoms with Gasteiger partial charge in [-0.05, 0) is 43.3 Å². The Bertz CT molecular complexity index is 696. The molecule has 0 saturated carbocycles. The fourth-order valence-electron chi connectivity index (χ4n) is 2.50. The molecule has 2 aromatic carbocycles. The van der Waals surface area contributed by atoms with Crippen LogP contribution in [0.3, 0.4) is 0 Å². The molecular weight excluding hydrogens is 368 g/mol. The Morgan fingerprint density at radius 3 is 2.25 bits per heavy atom. The Kier molecular flexibility index (Phi) is 6.70. The summed E-state index contributed by atoms with van der Waals surface area (Å²) in [6.45, 7) is 3.99. The van der Waals surface area contributed by atoms with Crippen molar-refractivity contribution in [1.82, 2.24) is 0 Å². The van der Waals surface area contributed by atoms with Gasteiger partial charge in [0, 0.05) is 27.7 Å². The van der Waals surface area contributed by atoms with Gasteiger partial charge in [-0.2, -0.15) is 0 Å². The second kappa shape index (κ2) is 8.76. The molecule has 0 saturated heterocycles. The number of ketones is 1. The lowest BCUT2D eigenvalue weighted by Gasteiger charge is -2.14. The monoisotopic (exact) mass is 389 g/mol.